The molecule has 0 bridgehead atoms. The van der Waals surface area contributed by atoms with Gasteiger partial charge in [-0.1, -0.05) is 53.7 Å². The summed E-state index contributed by atoms with van der Waals surface area (Å²) in [6.45, 7) is 0. The van der Waals surface area contributed by atoms with Crippen LogP contribution in [0.4, 0.5) is 0 Å². The summed E-state index contributed by atoms with van der Waals surface area (Å²) in [4.78, 5) is 0. The summed E-state index contributed by atoms with van der Waals surface area (Å²) in [6, 6.07) is 30.1. The first-order valence-corrected chi connectivity index (χ1v) is 18.2. The van der Waals surface area contributed by atoms with Gasteiger partial charge in [0.25, 0.3) is 0 Å². The number of para-hydroxylation sites is 2. The van der Waals surface area contributed by atoms with E-state index in [2.05, 4.69) is 93.2 Å². The Morgan fingerprint density at radius 3 is 1.81 bits per heavy atom. The molecule has 4 aromatic carbocycles. The molecule has 2 unspecified atom stereocenters. The van der Waals surface area contributed by atoms with E-state index in [0.29, 0.717) is 12.8 Å². The number of nitriles is 2. The molecule has 10 nitrogen and oxygen atoms in total. The molecule has 0 aliphatic heterocycles. The number of rotatable bonds is 4. The van der Waals surface area contributed by atoms with Crippen molar-refractivity contribution in [2.45, 2.75) is 49.4 Å². The topological polar surface area (TPSA) is 131 Å². The summed E-state index contributed by atoms with van der Waals surface area (Å²) >= 11 is 0. The number of H-pyrrole nitrogens is 1. The Balaban J connectivity index is 0.000000142. The SMILES string of the molecule is COc1ccc(C2(C#N)CCc3[nH]ncc3C2)c2c3ccccc3n(C)c12.COc1ccc(C2(C#N)CCc3nocc3C2)c2c3ccccc3n(C)c12. The molecule has 2 aliphatic rings. The number of nitrogens with zero attached hydrogens (tertiary/aromatic N) is 6. The summed E-state index contributed by atoms with van der Waals surface area (Å²) in [6.07, 6.45) is 7.94. The molecule has 1 N–H and O–H groups in total. The van der Waals surface area contributed by atoms with Crippen molar-refractivity contribution in [2.75, 3.05) is 14.2 Å². The van der Waals surface area contributed by atoms with Gasteiger partial charge < -0.3 is 23.1 Å². The third-order valence-electron chi connectivity index (χ3n) is 12.0. The second-order valence-electron chi connectivity index (χ2n) is 14.6. The van der Waals surface area contributed by atoms with Crippen molar-refractivity contribution in [3.63, 3.8) is 0 Å². The number of hydrogen-bond acceptors (Lipinski definition) is 7. The first-order valence-electron chi connectivity index (χ1n) is 18.2. The van der Waals surface area contributed by atoms with Gasteiger partial charge in [-0.25, -0.2) is 0 Å². The van der Waals surface area contributed by atoms with E-state index in [-0.39, 0.29) is 0 Å². The van der Waals surface area contributed by atoms with Crippen LogP contribution >= 0.6 is 0 Å². The van der Waals surface area contributed by atoms with Gasteiger partial charge in [-0.15, -0.1) is 0 Å². The smallest absolute Gasteiger partial charge is 0.143 e. The van der Waals surface area contributed by atoms with Crippen LogP contribution in [0.3, 0.4) is 0 Å². The van der Waals surface area contributed by atoms with Gasteiger partial charge in [0, 0.05) is 64.4 Å². The molecule has 0 radical (unpaired) electrons. The molecule has 0 amide bonds. The minimum atomic E-state index is -0.604. The highest BCUT2D eigenvalue weighted by molar-refractivity contribution is 6.13. The number of ether oxygens (including phenoxy) is 2. The normalized spacial score (nSPS) is 19.1. The second kappa shape index (κ2) is 12.6. The number of hydrogen-bond donors (Lipinski definition) is 1. The van der Waals surface area contributed by atoms with Crippen LogP contribution < -0.4 is 9.47 Å². The van der Waals surface area contributed by atoms with Crippen LogP contribution in [0.1, 0.15) is 46.5 Å². The molecule has 0 fully saturated rings. The second-order valence-corrected chi connectivity index (χ2v) is 14.6. The van der Waals surface area contributed by atoms with Crippen LogP contribution in [0, 0.1) is 22.7 Å². The molecule has 4 heterocycles. The Hall–Kier alpha value is -6.52. The van der Waals surface area contributed by atoms with Crippen molar-refractivity contribution in [2.24, 2.45) is 14.1 Å². The molecule has 10 rings (SSSR count). The van der Waals surface area contributed by atoms with Crippen molar-refractivity contribution in [3.8, 4) is 23.6 Å². The number of fused-ring (bicyclic) bond motifs is 8. The summed E-state index contributed by atoms with van der Waals surface area (Å²) in [5.41, 5.74) is 9.64. The molecule has 0 saturated carbocycles. The molecular formula is C44H39N7O3. The quantitative estimate of drug-likeness (QED) is 0.194. The lowest BCUT2D eigenvalue weighted by molar-refractivity contribution is 0.408. The molecule has 10 heteroatoms. The van der Waals surface area contributed by atoms with Crippen LogP contribution in [0.5, 0.6) is 11.5 Å². The Labute approximate surface area is 312 Å². The number of nitrogens with one attached hydrogen (secondary N) is 1. The summed E-state index contributed by atoms with van der Waals surface area (Å²) in [7, 11) is 7.50. The van der Waals surface area contributed by atoms with Crippen LogP contribution in [-0.2, 0) is 50.6 Å². The molecule has 2 atom stereocenters. The van der Waals surface area contributed by atoms with E-state index in [1.807, 2.05) is 36.5 Å². The van der Waals surface area contributed by atoms with Crippen LogP contribution in [-0.4, -0.2) is 38.7 Å². The third-order valence-corrected chi connectivity index (χ3v) is 12.0. The number of aromatic nitrogens is 5. The monoisotopic (exact) mass is 713 g/mol. The maximum atomic E-state index is 10.3. The molecule has 268 valence electrons. The summed E-state index contributed by atoms with van der Waals surface area (Å²) in [5.74, 6) is 1.65. The predicted octanol–water partition coefficient (Wildman–Crippen LogP) is 8.29. The molecule has 54 heavy (non-hydrogen) atoms. The average molecular weight is 714 g/mol. The molecule has 2 aliphatic carbocycles. The van der Waals surface area contributed by atoms with Crippen molar-refractivity contribution in [1.29, 1.82) is 10.5 Å². The van der Waals surface area contributed by atoms with Crippen LogP contribution in [0.25, 0.3) is 43.6 Å². The maximum absolute atomic E-state index is 10.3. The highest BCUT2D eigenvalue weighted by Gasteiger charge is 2.41. The Morgan fingerprint density at radius 2 is 1.26 bits per heavy atom. The molecule has 8 aromatic rings. The molecular weight excluding hydrogens is 675 g/mol. The Morgan fingerprint density at radius 1 is 0.722 bits per heavy atom. The minimum Gasteiger partial charge on any atom is -0.495 e. The van der Waals surface area contributed by atoms with Gasteiger partial charge in [0.05, 0.1) is 60.1 Å². The fourth-order valence-corrected chi connectivity index (χ4v) is 9.28. The van der Waals surface area contributed by atoms with Gasteiger partial charge in [-0.3, -0.25) is 5.10 Å². The minimum absolute atomic E-state index is 0.564. The van der Waals surface area contributed by atoms with Gasteiger partial charge >= 0.3 is 0 Å². The largest absolute Gasteiger partial charge is 0.495 e. The van der Waals surface area contributed by atoms with Crippen molar-refractivity contribution in [3.05, 3.63) is 119 Å². The zero-order chi connectivity index (χ0) is 37.2. The van der Waals surface area contributed by atoms with Gasteiger partial charge in [0.15, 0.2) is 0 Å². The first kappa shape index (κ1) is 33.3. The number of aromatic amines is 1. The van der Waals surface area contributed by atoms with E-state index in [4.69, 9.17) is 14.0 Å². The summed E-state index contributed by atoms with van der Waals surface area (Å²) in [5, 5.41) is 36.5. The van der Waals surface area contributed by atoms with E-state index < -0.39 is 10.8 Å². The van der Waals surface area contributed by atoms with Gasteiger partial charge in [-0.05, 0) is 73.1 Å². The van der Waals surface area contributed by atoms with Gasteiger partial charge in [0.2, 0.25) is 0 Å². The number of aryl methyl sites for hydroxylation is 4. The van der Waals surface area contributed by atoms with E-state index in [1.54, 1.807) is 20.5 Å². The first-order chi connectivity index (χ1) is 26.4. The molecule has 0 spiro atoms. The zero-order valence-corrected chi connectivity index (χ0v) is 30.7. The van der Waals surface area contributed by atoms with Gasteiger partial charge in [0.1, 0.15) is 17.8 Å². The van der Waals surface area contributed by atoms with E-state index in [1.165, 1.54) is 0 Å². The maximum Gasteiger partial charge on any atom is 0.143 e. The lowest BCUT2D eigenvalue weighted by Gasteiger charge is -2.31. The lowest BCUT2D eigenvalue weighted by Crippen LogP contribution is -2.32. The van der Waals surface area contributed by atoms with Crippen molar-refractivity contribution in [1.82, 2.24) is 24.5 Å². The fraction of sp³-hybridized carbons (Fsp3) is 0.273. The van der Waals surface area contributed by atoms with E-state index >= 15 is 0 Å². The van der Waals surface area contributed by atoms with Crippen molar-refractivity contribution >= 4 is 43.6 Å². The van der Waals surface area contributed by atoms with Crippen LogP contribution in [0.15, 0.2) is 89.8 Å². The summed E-state index contributed by atoms with van der Waals surface area (Å²) < 4.78 is 20.8. The Bertz CT molecular complexity index is 2650. The predicted molar refractivity (Wildman–Crippen MR) is 208 cm³/mol. The molecule has 0 saturated heterocycles. The molecule has 4 aromatic heterocycles. The Kier molecular flexibility index (Phi) is 7.75. The zero-order valence-electron chi connectivity index (χ0n) is 30.7. The highest BCUT2D eigenvalue weighted by atomic mass is 16.5. The third kappa shape index (κ3) is 4.76. The van der Waals surface area contributed by atoms with E-state index in [0.717, 1.165) is 114 Å². The van der Waals surface area contributed by atoms with Crippen molar-refractivity contribution < 1.29 is 14.0 Å². The van der Waals surface area contributed by atoms with Crippen LogP contribution in [0.2, 0.25) is 0 Å². The van der Waals surface area contributed by atoms with E-state index in [9.17, 15) is 10.5 Å². The highest BCUT2D eigenvalue weighted by Crippen LogP contribution is 2.47. The lowest BCUT2D eigenvalue weighted by atomic mass is 9.69. The fourth-order valence-electron chi connectivity index (χ4n) is 9.28. The van der Waals surface area contributed by atoms with Gasteiger partial charge in [-0.2, -0.15) is 15.6 Å². The average Bonchev–Trinajstić information content (AvgIpc) is 4.02. The number of benzene rings is 4. The number of methoxy groups -OCH3 is 2. The standard InChI is InChI=1S/C22H20N4O.C22H19N3O2/c1-26-18-6-4-3-5-15(18)20-16(7-8-19(27-2)21(20)26)22(13-23)10-9-17-14(11-22)12-24-25-17;1-25-18-6-4-3-5-15(18)20-16(7-8-19(26-2)21(20)25)22(13-23)10-9-17-14(11-22)12-27-24-17/h3-8,12H,9-11H2,1-2H3,(H,24,25);3-8,12H,9-11H2,1-2H3.